The predicted octanol–water partition coefficient (Wildman–Crippen LogP) is 2.48. The standard InChI is InChI=1S/C16H18N4OS/c21-15-14-12(6-7-17-15)19-16(22-14)11-4-5-13(18-10-11)20-8-2-1-3-9-20/h4-5,10H,1-3,6-9H2,(H,17,21). The maximum Gasteiger partial charge on any atom is 0.263 e. The molecule has 114 valence electrons. The molecule has 2 aliphatic heterocycles. The van der Waals surface area contributed by atoms with Gasteiger partial charge in [0.15, 0.2) is 0 Å². The summed E-state index contributed by atoms with van der Waals surface area (Å²) < 4.78 is 0. The van der Waals surface area contributed by atoms with E-state index in [0.717, 1.165) is 46.5 Å². The normalized spacial score (nSPS) is 18.0. The van der Waals surface area contributed by atoms with Gasteiger partial charge >= 0.3 is 0 Å². The average molecular weight is 314 g/mol. The summed E-state index contributed by atoms with van der Waals surface area (Å²) in [5.74, 6) is 1.05. The van der Waals surface area contributed by atoms with Gasteiger partial charge in [0, 0.05) is 37.8 Å². The van der Waals surface area contributed by atoms with Crippen LogP contribution in [0.2, 0.25) is 0 Å². The number of nitrogens with zero attached hydrogens (tertiary/aromatic N) is 3. The van der Waals surface area contributed by atoms with Crippen LogP contribution < -0.4 is 10.2 Å². The quantitative estimate of drug-likeness (QED) is 0.925. The number of pyridine rings is 1. The van der Waals surface area contributed by atoms with Gasteiger partial charge in [0.05, 0.1) is 5.69 Å². The smallest absolute Gasteiger partial charge is 0.263 e. The number of anilines is 1. The molecule has 0 spiro atoms. The Morgan fingerprint density at radius 3 is 2.77 bits per heavy atom. The molecular weight excluding hydrogens is 296 g/mol. The summed E-state index contributed by atoms with van der Waals surface area (Å²) in [6.07, 6.45) is 6.51. The van der Waals surface area contributed by atoms with Gasteiger partial charge < -0.3 is 10.2 Å². The fourth-order valence-electron chi connectivity index (χ4n) is 3.02. The van der Waals surface area contributed by atoms with Gasteiger partial charge in [-0.1, -0.05) is 0 Å². The number of amides is 1. The Bertz CT molecular complexity index is 689. The molecule has 0 bridgehead atoms. The third-order valence-electron chi connectivity index (χ3n) is 4.23. The summed E-state index contributed by atoms with van der Waals surface area (Å²) in [6, 6.07) is 4.14. The zero-order chi connectivity index (χ0) is 14.9. The van der Waals surface area contributed by atoms with E-state index in [4.69, 9.17) is 0 Å². The molecule has 0 saturated carbocycles. The van der Waals surface area contributed by atoms with E-state index in [1.54, 1.807) is 0 Å². The van der Waals surface area contributed by atoms with Crippen LogP contribution in [0.5, 0.6) is 0 Å². The number of carbonyl (C=O) groups is 1. The number of hydrogen-bond acceptors (Lipinski definition) is 5. The van der Waals surface area contributed by atoms with Crippen molar-refractivity contribution in [3.8, 4) is 10.6 Å². The molecule has 0 unspecified atom stereocenters. The lowest BCUT2D eigenvalue weighted by Crippen LogP contribution is -2.30. The maximum atomic E-state index is 11.8. The minimum absolute atomic E-state index is 0.00268. The highest BCUT2D eigenvalue weighted by Crippen LogP contribution is 2.30. The van der Waals surface area contributed by atoms with Gasteiger partial charge in [-0.05, 0) is 31.4 Å². The van der Waals surface area contributed by atoms with E-state index in [2.05, 4.69) is 32.3 Å². The Morgan fingerprint density at radius 1 is 1.18 bits per heavy atom. The van der Waals surface area contributed by atoms with E-state index in [0.29, 0.717) is 6.54 Å². The van der Waals surface area contributed by atoms with Gasteiger partial charge in [-0.25, -0.2) is 9.97 Å². The molecule has 1 fully saturated rings. The van der Waals surface area contributed by atoms with Gasteiger partial charge in [0.25, 0.3) is 5.91 Å². The molecular formula is C16H18N4OS. The molecule has 1 N–H and O–H groups in total. The van der Waals surface area contributed by atoms with Crippen molar-refractivity contribution in [2.24, 2.45) is 0 Å². The summed E-state index contributed by atoms with van der Waals surface area (Å²) in [6.45, 7) is 2.87. The van der Waals surface area contributed by atoms with Crippen molar-refractivity contribution < 1.29 is 4.79 Å². The first kappa shape index (κ1) is 13.7. The van der Waals surface area contributed by atoms with Crippen LogP contribution in [0, 0.1) is 0 Å². The van der Waals surface area contributed by atoms with Crippen molar-refractivity contribution >= 4 is 23.1 Å². The minimum atomic E-state index is 0.00268. The minimum Gasteiger partial charge on any atom is -0.357 e. The maximum absolute atomic E-state index is 11.8. The van der Waals surface area contributed by atoms with Crippen molar-refractivity contribution in [2.75, 3.05) is 24.5 Å². The number of hydrogen-bond donors (Lipinski definition) is 1. The van der Waals surface area contributed by atoms with Gasteiger partial charge in [0.2, 0.25) is 0 Å². The zero-order valence-electron chi connectivity index (χ0n) is 12.3. The molecule has 6 heteroatoms. The van der Waals surface area contributed by atoms with E-state index in [1.165, 1.54) is 30.6 Å². The molecule has 0 radical (unpaired) electrons. The number of nitrogens with one attached hydrogen (secondary N) is 1. The fourth-order valence-corrected chi connectivity index (χ4v) is 4.04. The number of aromatic nitrogens is 2. The molecule has 0 aliphatic carbocycles. The number of piperidine rings is 1. The van der Waals surface area contributed by atoms with Crippen LogP contribution in [0.25, 0.3) is 10.6 Å². The molecule has 2 aromatic heterocycles. The Labute approximate surface area is 133 Å². The first-order valence-corrected chi connectivity index (χ1v) is 8.62. The lowest BCUT2D eigenvalue weighted by Gasteiger charge is -2.27. The summed E-state index contributed by atoms with van der Waals surface area (Å²) in [4.78, 5) is 24.1. The second-order valence-corrected chi connectivity index (χ2v) is 6.75. The second kappa shape index (κ2) is 5.68. The van der Waals surface area contributed by atoms with Crippen LogP contribution in [0.4, 0.5) is 5.82 Å². The SMILES string of the molecule is O=C1NCCc2nc(-c3ccc(N4CCCCC4)nc3)sc21. The van der Waals surface area contributed by atoms with E-state index in [1.807, 2.05) is 6.20 Å². The van der Waals surface area contributed by atoms with Gasteiger partial charge in [-0.2, -0.15) is 0 Å². The number of carbonyl (C=O) groups excluding carboxylic acids is 1. The molecule has 0 atom stereocenters. The third-order valence-corrected chi connectivity index (χ3v) is 5.37. The highest BCUT2D eigenvalue weighted by atomic mass is 32.1. The Hall–Kier alpha value is -1.95. The van der Waals surface area contributed by atoms with Crippen LogP contribution >= 0.6 is 11.3 Å². The van der Waals surface area contributed by atoms with E-state index in [9.17, 15) is 4.79 Å². The average Bonchev–Trinajstić information content (AvgIpc) is 3.02. The van der Waals surface area contributed by atoms with E-state index >= 15 is 0 Å². The molecule has 2 aromatic rings. The first-order chi connectivity index (χ1) is 10.8. The molecule has 2 aliphatic rings. The van der Waals surface area contributed by atoms with Crippen molar-refractivity contribution in [2.45, 2.75) is 25.7 Å². The number of thiazole rings is 1. The Balaban J connectivity index is 1.59. The second-order valence-electron chi connectivity index (χ2n) is 5.75. The summed E-state index contributed by atoms with van der Waals surface area (Å²) in [5.41, 5.74) is 1.91. The number of rotatable bonds is 2. The van der Waals surface area contributed by atoms with Crippen LogP contribution in [0.15, 0.2) is 18.3 Å². The van der Waals surface area contributed by atoms with Crippen molar-refractivity contribution in [3.05, 3.63) is 28.9 Å². The van der Waals surface area contributed by atoms with Crippen molar-refractivity contribution in [3.63, 3.8) is 0 Å². The highest BCUT2D eigenvalue weighted by Gasteiger charge is 2.22. The lowest BCUT2D eigenvalue weighted by molar-refractivity contribution is 0.0950. The molecule has 4 heterocycles. The fraction of sp³-hybridized carbons (Fsp3) is 0.438. The van der Waals surface area contributed by atoms with E-state index < -0.39 is 0 Å². The van der Waals surface area contributed by atoms with Gasteiger partial charge in [-0.3, -0.25) is 4.79 Å². The lowest BCUT2D eigenvalue weighted by atomic mass is 10.1. The molecule has 4 rings (SSSR count). The summed E-state index contributed by atoms with van der Waals surface area (Å²) in [7, 11) is 0. The predicted molar refractivity (Wildman–Crippen MR) is 87.4 cm³/mol. The molecule has 1 amide bonds. The van der Waals surface area contributed by atoms with Crippen LogP contribution in [-0.4, -0.2) is 35.5 Å². The van der Waals surface area contributed by atoms with Gasteiger partial charge in [-0.15, -0.1) is 11.3 Å². The van der Waals surface area contributed by atoms with Crippen LogP contribution in [-0.2, 0) is 6.42 Å². The third kappa shape index (κ3) is 2.47. The van der Waals surface area contributed by atoms with Crippen molar-refractivity contribution in [1.82, 2.24) is 15.3 Å². The van der Waals surface area contributed by atoms with Gasteiger partial charge in [0.1, 0.15) is 15.7 Å². The first-order valence-electron chi connectivity index (χ1n) is 7.80. The molecule has 5 nitrogen and oxygen atoms in total. The molecule has 1 saturated heterocycles. The number of fused-ring (bicyclic) bond motifs is 1. The monoisotopic (exact) mass is 314 g/mol. The largest absolute Gasteiger partial charge is 0.357 e. The highest BCUT2D eigenvalue weighted by molar-refractivity contribution is 7.17. The van der Waals surface area contributed by atoms with E-state index in [-0.39, 0.29) is 5.91 Å². The Kier molecular flexibility index (Phi) is 3.54. The molecule has 0 aromatic carbocycles. The molecule has 22 heavy (non-hydrogen) atoms. The Morgan fingerprint density at radius 2 is 2.05 bits per heavy atom. The zero-order valence-corrected chi connectivity index (χ0v) is 13.2. The summed E-state index contributed by atoms with van der Waals surface area (Å²) in [5, 5.41) is 3.75. The topological polar surface area (TPSA) is 58.1 Å². The van der Waals surface area contributed by atoms with Crippen LogP contribution in [0.1, 0.15) is 34.6 Å². The summed E-state index contributed by atoms with van der Waals surface area (Å²) >= 11 is 1.46. The van der Waals surface area contributed by atoms with Crippen LogP contribution in [0.3, 0.4) is 0 Å². The van der Waals surface area contributed by atoms with Crippen molar-refractivity contribution in [1.29, 1.82) is 0 Å².